The van der Waals surface area contributed by atoms with Crippen molar-refractivity contribution < 1.29 is 0 Å². The van der Waals surface area contributed by atoms with E-state index >= 15 is 0 Å². The third-order valence-corrected chi connectivity index (χ3v) is 2.86. The van der Waals surface area contributed by atoms with Crippen LogP contribution < -0.4 is 5.73 Å². The zero-order valence-corrected chi connectivity index (χ0v) is 9.16. The summed E-state index contributed by atoms with van der Waals surface area (Å²) in [6.45, 7) is 1.97. The lowest BCUT2D eigenvalue weighted by Crippen LogP contribution is -1.91. The Kier molecular flexibility index (Phi) is 2.87. The molecular weight excluding hydrogens is 206 g/mol. The Morgan fingerprint density at radius 2 is 2.07 bits per heavy atom. The van der Waals surface area contributed by atoms with E-state index < -0.39 is 0 Å². The molecule has 2 aromatic rings. The monoisotopic (exact) mass is 217 g/mol. The number of hydrogen-bond donors (Lipinski definition) is 1. The van der Waals surface area contributed by atoms with Crippen molar-refractivity contribution in [2.24, 2.45) is 0 Å². The minimum atomic E-state index is 0.723. The molecule has 0 saturated carbocycles. The first-order valence-corrected chi connectivity index (χ1v) is 5.38. The van der Waals surface area contributed by atoms with Crippen molar-refractivity contribution in [1.29, 1.82) is 0 Å². The molecule has 0 radical (unpaired) electrons. The van der Waals surface area contributed by atoms with Crippen LogP contribution in [0.4, 0.5) is 5.69 Å². The highest BCUT2D eigenvalue weighted by atomic mass is 32.2. The number of aryl methyl sites for hydroxylation is 1. The molecule has 0 aliphatic carbocycles. The van der Waals surface area contributed by atoms with E-state index in [2.05, 4.69) is 9.97 Å². The van der Waals surface area contributed by atoms with Gasteiger partial charge in [0.1, 0.15) is 10.1 Å². The number of hydrogen-bond acceptors (Lipinski definition) is 4. The second-order valence-electron chi connectivity index (χ2n) is 3.15. The molecule has 4 heteroatoms. The van der Waals surface area contributed by atoms with E-state index in [4.69, 9.17) is 5.73 Å². The molecule has 15 heavy (non-hydrogen) atoms. The summed E-state index contributed by atoms with van der Waals surface area (Å²) < 4.78 is 0. The third-order valence-electron chi connectivity index (χ3n) is 1.97. The van der Waals surface area contributed by atoms with Crippen molar-refractivity contribution in [2.75, 3.05) is 5.73 Å². The minimum Gasteiger partial charge on any atom is -0.397 e. The molecule has 0 fully saturated rings. The van der Waals surface area contributed by atoms with Crippen molar-refractivity contribution in [3.63, 3.8) is 0 Å². The number of nitrogens with two attached hydrogens (primary N) is 1. The molecule has 0 atom stereocenters. The van der Waals surface area contributed by atoms with Gasteiger partial charge in [0.15, 0.2) is 0 Å². The number of anilines is 1. The fourth-order valence-electron chi connectivity index (χ4n) is 1.11. The summed E-state index contributed by atoms with van der Waals surface area (Å²) in [6.07, 6.45) is 3.45. The van der Waals surface area contributed by atoms with Gasteiger partial charge >= 0.3 is 0 Å². The molecule has 0 bridgehead atoms. The molecular formula is C11H11N3S. The van der Waals surface area contributed by atoms with Crippen LogP contribution in [0.2, 0.25) is 0 Å². The van der Waals surface area contributed by atoms with Gasteiger partial charge in [-0.2, -0.15) is 0 Å². The molecule has 0 aromatic carbocycles. The Morgan fingerprint density at radius 3 is 2.73 bits per heavy atom. The van der Waals surface area contributed by atoms with Gasteiger partial charge in [-0.1, -0.05) is 17.8 Å². The molecule has 0 spiro atoms. The first-order valence-electron chi connectivity index (χ1n) is 4.57. The quantitative estimate of drug-likeness (QED) is 0.839. The zero-order chi connectivity index (χ0) is 10.7. The molecule has 2 rings (SSSR count). The maximum Gasteiger partial charge on any atom is 0.103 e. The smallest absolute Gasteiger partial charge is 0.103 e. The minimum absolute atomic E-state index is 0.723. The molecule has 0 amide bonds. The first-order chi connectivity index (χ1) is 7.25. The fraction of sp³-hybridized carbons (Fsp3) is 0.0909. The van der Waals surface area contributed by atoms with Crippen LogP contribution in [0.5, 0.6) is 0 Å². The van der Waals surface area contributed by atoms with Crippen LogP contribution >= 0.6 is 11.8 Å². The summed E-state index contributed by atoms with van der Waals surface area (Å²) in [5.41, 5.74) is 7.46. The molecule has 0 unspecified atom stereocenters. The normalized spacial score (nSPS) is 10.2. The Hall–Kier alpha value is -1.55. The van der Waals surface area contributed by atoms with Crippen LogP contribution in [0, 0.1) is 6.92 Å². The highest BCUT2D eigenvalue weighted by molar-refractivity contribution is 7.99. The van der Waals surface area contributed by atoms with Crippen LogP contribution in [0.15, 0.2) is 46.7 Å². The number of pyridine rings is 2. The Bertz CT molecular complexity index is 457. The van der Waals surface area contributed by atoms with E-state index in [9.17, 15) is 0 Å². The average Bonchev–Trinajstić information content (AvgIpc) is 2.25. The Balaban J connectivity index is 2.22. The van der Waals surface area contributed by atoms with Crippen LogP contribution in [0.1, 0.15) is 5.56 Å². The Labute approximate surface area is 92.8 Å². The van der Waals surface area contributed by atoms with Crippen LogP contribution in [0.3, 0.4) is 0 Å². The first kappa shape index (κ1) is 9.98. The van der Waals surface area contributed by atoms with Crippen molar-refractivity contribution in [2.45, 2.75) is 17.0 Å². The largest absolute Gasteiger partial charge is 0.397 e. The standard InChI is InChI=1S/C11H11N3S/c1-8-6-11(14-7-9(8)12)15-10-4-2-3-5-13-10/h2-7H,12H2,1H3. The third kappa shape index (κ3) is 2.47. The van der Waals surface area contributed by atoms with Crippen molar-refractivity contribution in [3.8, 4) is 0 Å². The van der Waals surface area contributed by atoms with E-state index in [1.165, 1.54) is 11.8 Å². The molecule has 0 saturated heterocycles. The number of aromatic nitrogens is 2. The number of rotatable bonds is 2. The van der Waals surface area contributed by atoms with Crippen LogP contribution in [0.25, 0.3) is 0 Å². The average molecular weight is 217 g/mol. The van der Waals surface area contributed by atoms with Gasteiger partial charge in [-0.05, 0) is 30.7 Å². The van der Waals surface area contributed by atoms with Gasteiger partial charge in [0.2, 0.25) is 0 Å². The van der Waals surface area contributed by atoms with E-state index in [1.807, 2.05) is 31.2 Å². The molecule has 2 N–H and O–H groups in total. The summed E-state index contributed by atoms with van der Waals surface area (Å²) in [4.78, 5) is 8.45. The van der Waals surface area contributed by atoms with E-state index in [0.29, 0.717) is 0 Å². The predicted molar refractivity (Wildman–Crippen MR) is 61.7 cm³/mol. The van der Waals surface area contributed by atoms with Gasteiger partial charge < -0.3 is 5.73 Å². The van der Waals surface area contributed by atoms with Crippen molar-refractivity contribution in [3.05, 3.63) is 42.2 Å². The lowest BCUT2D eigenvalue weighted by atomic mass is 10.3. The van der Waals surface area contributed by atoms with Crippen molar-refractivity contribution in [1.82, 2.24) is 9.97 Å². The predicted octanol–water partition coefficient (Wildman–Crippen LogP) is 2.52. The summed E-state index contributed by atoms with van der Waals surface area (Å²) in [5, 5.41) is 1.86. The SMILES string of the molecule is Cc1cc(Sc2ccccn2)ncc1N. The van der Waals surface area contributed by atoms with Crippen LogP contribution in [-0.2, 0) is 0 Å². The lowest BCUT2D eigenvalue weighted by Gasteiger charge is -2.02. The van der Waals surface area contributed by atoms with E-state index in [-0.39, 0.29) is 0 Å². The van der Waals surface area contributed by atoms with Gasteiger partial charge in [0.25, 0.3) is 0 Å². The van der Waals surface area contributed by atoms with Gasteiger partial charge in [0, 0.05) is 6.20 Å². The summed E-state index contributed by atoms with van der Waals surface area (Å²) >= 11 is 1.53. The second-order valence-corrected chi connectivity index (χ2v) is 4.19. The van der Waals surface area contributed by atoms with Crippen molar-refractivity contribution >= 4 is 17.4 Å². The van der Waals surface area contributed by atoms with E-state index in [0.717, 1.165) is 21.3 Å². The highest BCUT2D eigenvalue weighted by Crippen LogP contribution is 2.25. The zero-order valence-electron chi connectivity index (χ0n) is 8.34. The molecule has 0 aliphatic rings. The molecule has 0 aliphatic heterocycles. The summed E-state index contributed by atoms with van der Waals surface area (Å²) in [6, 6.07) is 7.78. The van der Waals surface area contributed by atoms with Crippen LogP contribution in [-0.4, -0.2) is 9.97 Å². The number of nitrogens with zero attached hydrogens (tertiary/aromatic N) is 2. The topological polar surface area (TPSA) is 51.8 Å². The highest BCUT2D eigenvalue weighted by Gasteiger charge is 2.01. The fourth-order valence-corrected chi connectivity index (χ4v) is 1.93. The van der Waals surface area contributed by atoms with Gasteiger partial charge in [0.05, 0.1) is 11.9 Å². The van der Waals surface area contributed by atoms with Gasteiger partial charge in [-0.15, -0.1) is 0 Å². The molecule has 3 nitrogen and oxygen atoms in total. The summed E-state index contributed by atoms with van der Waals surface area (Å²) in [5.74, 6) is 0. The molecule has 2 aromatic heterocycles. The lowest BCUT2D eigenvalue weighted by molar-refractivity contribution is 1.08. The van der Waals surface area contributed by atoms with Gasteiger partial charge in [-0.25, -0.2) is 9.97 Å². The number of nitrogen functional groups attached to an aromatic ring is 1. The molecule has 76 valence electrons. The molecule has 2 heterocycles. The maximum atomic E-state index is 5.69. The summed E-state index contributed by atoms with van der Waals surface area (Å²) in [7, 11) is 0. The Morgan fingerprint density at radius 1 is 1.20 bits per heavy atom. The van der Waals surface area contributed by atoms with E-state index in [1.54, 1.807) is 12.4 Å². The van der Waals surface area contributed by atoms with Gasteiger partial charge in [-0.3, -0.25) is 0 Å². The maximum absolute atomic E-state index is 5.69. The second kappa shape index (κ2) is 4.31.